The summed E-state index contributed by atoms with van der Waals surface area (Å²) in [5, 5.41) is 0. The van der Waals surface area contributed by atoms with E-state index in [-0.39, 0.29) is 5.97 Å². The maximum Gasteiger partial charge on any atom is 0.335 e. The summed E-state index contributed by atoms with van der Waals surface area (Å²) in [7, 11) is 1.50. The molecule has 3 rings (SSSR count). The maximum atomic E-state index is 11.9. The van der Waals surface area contributed by atoms with E-state index >= 15 is 0 Å². The lowest BCUT2D eigenvalue weighted by molar-refractivity contribution is -0.137. The molecule has 0 N–H and O–H groups in total. The molecule has 0 aliphatic carbocycles. The number of methoxy groups -OCH3 is 1. The fraction of sp³-hybridized carbons (Fsp3) is 0.800. The van der Waals surface area contributed by atoms with Crippen LogP contribution in [0.1, 0.15) is 51.9 Å². The quantitative estimate of drug-likeness (QED) is 0.669. The summed E-state index contributed by atoms with van der Waals surface area (Å²) in [6, 6.07) is 1.38. The number of carbonyl (C=O) groups is 1. The van der Waals surface area contributed by atoms with Gasteiger partial charge in [-0.1, -0.05) is 6.92 Å². The van der Waals surface area contributed by atoms with Crippen LogP contribution in [-0.4, -0.2) is 30.1 Å². The van der Waals surface area contributed by atoms with Crippen LogP contribution in [0.4, 0.5) is 0 Å². The fourth-order valence-electron chi connectivity index (χ4n) is 4.18. The van der Waals surface area contributed by atoms with Crippen molar-refractivity contribution in [1.82, 2.24) is 4.90 Å². The van der Waals surface area contributed by atoms with Gasteiger partial charge in [0.1, 0.15) is 0 Å². The summed E-state index contributed by atoms with van der Waals surface area (Å²) in [6.07, 6.45) is 8.40. The zero-order valence-corrected chi connectivity index (χ0v) is 11.4. The van der Waals surface area contributed by atoms with Crippen molar-refractivity contribution in [3.05, 3.63) is 11.3 Å². The van der Waals surface area contributed by atoms with Gasteiger partial charge in [0.15, 0.2) is 0 Å². The molecule has 0 aromatic rings. The summed E-state index contributed by atoms with van der Waals surface area (Å²) in [5.74, 6) is 0.611. The van der Waals surface area contributed by atoms with E-state index in [1.807, 2.05) is 0 Å². The molecule has 2 saturated heterocycles. The predicted molar refractivity (Wildman–Crippen MR) is 69.9 cm³/mol. The smallest absolute Gasteiger partial charge is 0.335 e. The highest BCUT2D eigenvalue weighted by molar-refractivity contribution is 5.89. The van der Waals surface area contributed by atoms with Gasteiger partial charge < -0.3 is 9.64 Å². The molecule has 0 aromatic heterocycles. The van der Waals surface area contributed by atoms with Crippen LogP contribution < -0.4 is 0 Å². The van der Waals surface area contributed by atoms with Gasteiger partial charge in [-0.3, -0.25) is 0 Å². The van der Waals surface area contributed by atoms with Crippen LogP contribution in [0.25, 0.3) is 0 Å². The van der Waals surface area contributed by atoms with E-state index in [1.165, 1.54) is 38.5 Å². The third-order valence-electron chi connectivity index (χ3n) is 4.90. The number of rotatable bonds is 1. The first-order valence-corrected chi connectivity index (χ1v) is 7.29. The van der Waals surface area contributed by atoms with Crippen LogP contribution in [0.3, 0.4) is 0 Å². The first-order valence-electron chi connectivity index (χ1n) is 7.29. The first kappa shape index (κ1) is 12.1. The highest BCUT2D eigenvalue weighted by atomic mass is 16.5. The topological polar surface area (TPSA) is 29.5 Å². The molecule has 3 aliphatic rings. The van der Waals surface area contributed by atoms with E-state index in [1.54, 1.807) is 0 Å². The number of hydrogen-bond donors (Lipinski definition) is 0. The van der Waals surface area contributed by atoms with E-state index in [0.717, 1.165) is 24.8 Å². The molecule has 0 amide bonds. The molecule has 0 unspecified atom stereocenters. The Morgan fingerprint density at radius 1 is 1.28 bits per heavy atom. The molecule has 0 aromatic carbocycles. The standard InChI is InChI=1S/C15H23NO2/c1-10-8-12-5-3-4-11-6-7-13(15(17)18-2)14(9-10)16(11)12/h10-12H,3-9H2,1-2H3/t10-,11+,12+/m1/s1. The predicted octanol–water partition coefficient (Wildman–Crippen LogP) is 2.86. The Kier molecular flexibility index (Phi) is 3.08. The van der Waals surface area contributed by atoms with Gasteiger partial charge >= 0.3 is 5.97 Å². The summed E-state index contributed by atoms with van der Waals surface area (Å²) in [4.78, 5) is 14.5. The van der Waals surface area contributed by atoms with Crippen molar-refractivity contribution in [3.63, 3.8) is 0 Å². The maximum absolute atomic E-state index is 11.9. The third kappa shape index (κ3) is 1.84. The van der Waals surface area contributed by atoms with E-state index < -0.39 is 0 Å². The van der Waals surface area contributed by atoms with Gasteiger partial charge in [0, 0.05) is 17.8 Å². The van der Waals surface area contributed by atoms with Gasteiger partial charge in [-0.2, -0.15) is 0 Å². The van der Waals surface area contributed by atoms with E-state index in [0.29, 0.717) is 18.0 Å². The molecule has 0 spiro atoms. The van der Waals surface area contributed by atoms with Crippen molar-refractivity contribution in [2.45, 2.75) is 64.0 Å². The van der Waals surface area contributed by atoms with Gasteiger partial charge in [-0.25, -0.2) is 4.79 Å². The lowest BCUT2D eigenvalue weighted by atomic mass is 9.77. The lowest BCUT2D eigenvalue weighted by Crippen LogP contribution is -2.52. The van der Waals surface area contributed by atoms with Crippen molar-refractivity contribution in [1.29, 1.82) is 0 Å². The van der Waals surface area contributed by atoms with E-state index in [4.69, 9.17) is 4.74 Å². The fourth-order valence-corrected chi connectivity index (χ4v) is 4.18. The highest BCUT2D eigenvalue weighted by Crippen LogP contribution is 2.44. The van der Waals surface area contributed by atoms with Crippen LogP contribution in [0.15, 0.2) is 11.3 Å². The minimum absolute atomic E-state index is 0.0955. The Balaban J connectivity index is 1.98. The second-order valence-electron chi connectivity index (χ2n) is 6.15. The van der Waals surface area contributed by atoms with Crippen LogP contribution in [0.5, 0.6) is 0 Å². The Labute approximate surface area is 109 Å². The first-order chi connectivity index (χ1) is 8.70. The van der Waals surface area contributed by atoms with Gasteiger partial charge in [0.05, 0.1) is 12.7 Å². The SMILES string of the molecule is COC(=O)C1=C2C[C@H](C)C[C@@H]3CCC[C@@H](CC1)N23. The van der Waals surface area contributed by atoms with Gasteiger partial charge in [-0.15, -0.1) is 0 Å². The molecule has 0 radical (unpaired) electrons. The molecular formula is C15H23NO2. The van der Waals surface area contributed by atoms with E-state index in [2.05, 4.69) is 11.8 Å². The number of carbonyl (C=O) groups excluding carboxylic acids is 1. The average molecular weight is 249 g/mol. The molecule has 0 bridgehead atoms. The largest absolute Gasteiger partial charge is 0.466 e. The molecular weight excluding hydrogens is 226 g/mol. The van der Waals surface area contributed by atoms with Gasteiger partial charge in [0.25, 0.3) is 0 Å². The molecule has 3 heterocycles. The number of ether oxygens (including phenoxy) is 1. The number of hydrogen-bond acceptors (Lipinski definition) is 3. The minimum atomic E-state index is -0.0955. The summed E-state index contributed by atoms with van der Waals surface area (Å²) in [6.45, 7) is 2.32. The Bertz CT molecular complexity index is 388. The molecule has 100 valence electrons. The van der Waals surface area contributed by atoms with E-state index in [9.17, 15) is 4.79 Å². The minimum Gasteiger partial charge on any atom is -0.466 e. The van der Waals surface area contributed by atoms with Crippen molar-refractivity contribution in [3.8, 4) is 0 Å². The molecule has 3 nitrogen and oxygen atoms in total. The van der Waals surface area contributed by atoms with Crippen LogP contribution in [0.2, 0.25) is 0 Å². The molecule has 2 fully saturated rings. The molecule has 18 heavy (non-hydrogen) atoms. The zero-order chi connectivity index (χ0) is 12.7. The van der Waals surface area contributed by atoms with Crippen molar-refractivity contribution < 1.29 is 9.53 Å². The summed E-state index contributed by atoms with van der Waals surface area (Å²) < 4.78 is 4.97. The van der Waals surface area contributed by atoms with Gasteiger partial charge in [-0.05, 0) is 50.9 Å². The molecule has 3 aliphatic heterocycles. The van der Waals surface area contributed by atoms with Crippen molar-refractivity contribution >= 4 is 5.97 Å². The van der Waals surface area contributed by atoms with Crippen LogP contribution in [-0.2, 0) is 9.53 Å². The highest BCUT2D eigenvalue weighted by Gasteiger charge is 2.41. The van der Waals surface area contributed by atoms with Crippen molar-refractivity contribution in [2.75, 3.05) is 7.11 Å². The lowest BCUT2D eigenvalue weighted by Gasteiger charge is -2.52. The molecule has 0 saturated carbocycles. The number of allylic oxidation sites excluding steroid dienone is 1. The third-order valence-corrected chi connectivity index (χ3v) is 4.90. The normalized spacial score (nSPS) is 35.2. The Morgan fingerprint density at radius 3 is 2.83 bits per heavy atom. The second kappa shape index (κ2) is 4.60. The monoisotopic (exact) mass is 249 g/mol. The summed E-state index contributed by atoms with van der Waals surface area (Å²) in [5.41, 5.74) is 2.29. The van der Waals surface area contributed by atoms with Crippen LogP contribution in [0, 0.1) is 5.92 Å². The second-order valence-corrected chi connectivity index (χ2v) is 6.15. The number of esters is 1. The Morgan fingerprint density at radius 2 is 2.06 bits per heavy atom. The summed E-state index contributed by atoms with van der Waals surface area (Å²) >= 11 is 0. The number of piperidine rings is 2. The van der Waals surface area contributed by atoms with Crippen molar-refractivity contribution in [2.24, 2.45) is 5.92 Å². The molecule has 3 heteroatoms. The van der Waals surface area contributed by atoms with Crippen LogP contribution >= 0.6 is 0 Å². The molecule has 3 atom stereocenters. The zero-order valence-electron chi connectivity index (χ0n) is 11.4. The average Bonchev–Trinajstić information content (AvgIpc) is 2.38. The van der Waals surface area contributed by atoms with Gasteiger partial charge in [0.2, 0.25) is 0 Å². The Hall–Kier alpha value is -0.990. The number of nitrogens with zero attached hydrogens (tertiary/aromatic N) is 1.